The highest BCUT2D eigenvalue weighted by Crippen LogP contribution is 2.38. The molecule has 1 unspecified atom stereocenters. The number of hydrogen-bond acceptors (Lipinski definition) is 7. The molecule has 5 rings (SSSR count). The minimum atomic E-state index is -4.82. The number of aromatic nitrogens is 3. The van der Waals surface area contributed by atoms with E-state index in [2.05, 4.69) is 25.1 Å². The predicted octanol–water partition coefficient (Wildman–Crippen LogP) is 7.15. The van der Waals surface area contributed by atoms with Gasteiger partial charge in [0, 0.05) is 6.07 Å². The van der Waals surface area contributed by atoms with Crippen LogP contribution in [-0.2, 0) is 4.79 Å². The van der Waals surface area contributed by atoms with Gasteiger partial charge in [0.2, 0.25) is 0 Å². The SMILES string of the molecule is Cc1ccc(C(C)C)c(N2C(=O)C(Cl)S/C2=N\C(=O)NCOc2ccc(-c3ncn(-c4ccc(OC(F)(F)F)cc4)n3)c(F)c2)c1. The van der Waals surface area contributed by atoms with Gasteiger partial charge < -0.3 is 14.8 Å². The Bertz CT molecular complexity index is 1800. The topological polar surface area (TPSA) is 111 Å². The summed E-state index contributed by atoms with van der Waals surface area (Å²) in [7, 11) is 0. The van der Waals surface area contributed by atoms with Crippen molar-refractivity contribution < 1.29 is 36.6 Å². The molecule has 1 N–H and O–H groups in total. The Kier molecular flexibility index (Phi) is 9.53. The smallest absolute Gasteiger partial charge is 0.473 e. The Hall–Kier alpha value is -4.63. The molecule has 0 saturated carbocycles. The monoisotopic (exact) mass is 676 g/mol. The number of halogens is 5. The summed E-state index contributed by atoms with van der Waals surface area (Å²) in [6.07, 6.45) is -3.54. The molecule has 1 aliphatic heterocycles. The number of amidine groups is 1. The van der Waals surface area contributed by atoms with Crippen molar-refractivity contribution >= 4 is 46.2 Å². The molecule has 4 aromatic rings. The molecule has 1 atom stereocenters. The van der Waals surface area contributed by atoms with E-state index in [0.717, 1.165) is 41.1 Å². The first-order valence-corrected chi connectivity index (χ1v) is 14.9. The highest BCUT2D eigenvalue weighted by atomic mass is 35.5. The summed E-state index contributed by atoms with van der Waals surface area (Å²) >= 11 is 7.17. The Balaban J connectivity index is 1.22. The number of carbonyl (C=O) groups is 2. The molecule has 1 fully saturated rings. The number of nitrogens with zero attached hydrogens (tertiary/aromatic N) is 5. The Morgan fingerprint density at radius 3 is 2.50 bits per heavy atom. The molecule has 2 heterocycles. The number of alkyl halides is 4. The lowest BCUT2D eigenvalue weighted by Gasteiger charge is -2.22. The summed E-state index contributed by atoms with van der Waals surface area (Å²) < 4.78 is 61.8. The molecular formula is C30H25ClF4N6O4S. The molecular weight excluding hydrogens is 652 g/mol. The van der Waals surface area contributed by atoms with Gasteiger partial charge in [0.25, 0.3) is 5.91 Å². The van der Waals surface area contributed by atoms with Crippen molar-refractivity contribution in [2.45, 2.75) is 37.8 Å². The lowest BCUT2D eigenvalue weighted by Crippen LogP contribution is -2.34. The number of aryl methyl sites for hydroxylation is 1. The van der Waals surface area contributed by atoms with E-state index in [1.807, 2.05) is 39.0 Å². The van der Waals surface area contributed by atoms with Crippen LogP contribution >= 0.6 is 23.4 Å². The van der Waals surface area contributed by atoms with E-state index in [9.17, 15) is 27.2 Å². The van der Waals surface area contributed by atoms with Gasteiger partial charge in [-0.1, -0.05) is 49.3 Å². The third-order valence-corrected chi connectivity index (χ3v) is 7.88. The summed E-state index contributed by atoms with van der Waals surface area (Å²) in [4.78, 5) is 35.0. The van der Waals surface area contributed by atoms with E-state index in [4.69, 9.17) is 16.3 Å². The van der Waals surface area contributed by atoms with Crippen LogP contribution in [0, 0.1) is 12.7 Å². The van der Waals surface area contributed by atoms with E-state index < -0.39 is 34.6 Å². The van der Waals surface area contributed by atoms with Crippen molar-refractivity contribution in [2.75, 3.05) is 11.6 Å². The second kappa shape index (κ2) is 13.4. The van der Waals surface area contributed by atoms with Crippen LogP contribution in [-0.4, -0.2) is 49.7 Å². The predicted molar refractivity (Wildman–Crippen MR) is 165 cm³/mol. The van der Waals surface area contributed by atoms with Crippen LogP contribution in [0.4, 0.5) is 28.0 Å². The fraction of sp³-hybridized carbons (Fsp3) is 0.233. The Morgan fingerprint density at radius 1 is 1.11 bits per heavy atom. The standard InChI is InChI=1S/C30H25ClF4N6O4S/c1-16(2)21-10-4-17(3)12-24(21)41-27(42)25(31)46-29(41)38-28(43)37-15-44-20-9-11-22(23(32)13-20)26-36-14-40(39-26)18-5-7-19(8-6-18)45-30(33,34)35/h4-14,16,25H,15H2,1-3H3,(H,37,43)/b38-29-. The highest BCUT2D eigenvalue weighted by molar-refractivity contribution is 8.17. The number of amides is 3. The molecule has 1 aliphatic rings. The molecule has 3 aromatic carbocycles. The van der Waals surface area contributed by atoms with Crippen LogP contribution in [0.3, 0.4) is 0 Å². The van der Waals surface area contributed by atoms with Gasteiger partial charge >= 0.3 is 12.4 Å². The third-order valence-electron chi connectivity index (χ3n) is 6.53. The van der Waals surface area contributed by atoms with Gasteiger partial charge in [-0.05, 0) is 66.4 Å². The van der Waals surface area contributed by atoms with Crippen LogP contribution in [0.2, 0.25) is 0 Å². The molecule has 46 heavy (non-hydrogen) atoms. The molecule has 1 aromatic heterocycles. The van der Waals surface area contributed by atoms with Crippen molar-refractivity contribution in [3.63, 3.8) is 0 Å². The molecule has 240 valence electrons. The number of thioether (sulfide) groups is 1. The summed E-state index contributed by atoms with van der Waals surface area (Å²) in [6, 6.07) is 13.7. The number of nitrogens with one attached hydrogen (secondary N) is 1. The first-order chi connectivity index (χ1) is 21.8. The first kappa shape index (κ1) is 32.8. The Labute approximate surface area is 269 Å². The molecule has 10 nitrogen and oxygen atoms in total. The van der Waals surface area contributed by atoms with Crippen LogP contribution in [0.25, 0.3) is 17.1 Å². The number of carbonyl (C=O) groups excluding carboxylic acids is 2. The third kappa shape index (κ3) is 7.59. The fourth-order valence-electron chi connectivity index (χ4n) is 4.41. The van der Waals surface area contributed by atoms with E-state index >= 15 is 0 Å². The normalized spacial score (nSPS) is 15.9. The van der Waals surface area contributed by atoms with Gasteiger partial charge in [0.05, 0.1) is 16.9 Å². The van der Waals surface area contributed by atoms with Crippen LogP contribution in [0.1, 0.15) is 30.9 Å². The molecule has 0 aliphatic carbocycles. The number of urea groups is 1. The molecule has 0 spiro atoms. The summed E-state index contributed by atoms with van der Waals surface area (Å²) in [6.45, 7) is 5.51. The van der Waals surface area contributed by atoms with Gasteiger partial charge in [-0.15, -0.1) is 18.3 Å². The fourth-order valence-corrected chi connectivity index (χ4v) is 5.57. The van der Waals surface area contributed by atoms with Gasteiger partial charge in [-0.2, -0.15) is 4.99 Å². The van der Waals surface area contributed by atoms with Gasteiger partial charge in [-0.25, -0.2) is 18.9 Å². The molecule has 1 saturated heterocycles. The summed E-state index contributed by atoms with van der Waals surface area (Å²) in [5.41, 5.74) is 2.82. The maximum absolute atomic E-state index is 15.0. The largest absolute Gasteiger partial charge is 0.573 e. The molecule has 0 bridgehead atoms. The van der Waals surface area contributed by atoms with Crippen molar-refractivity contribution in [3.05, 3.63) is 83.9 Å². The number of benzene rings is 3. The van der Waals surface area contributed by atoms with E-state index in [1.165, 1.54) is 40.2 Å². The van der Waals surface area contributed by atoms with Crippen LogP contribution in [0.15, 0.2) is 72.0 Å². The van der Waals surface area contributed by atoms with Gasteiger partial charge in [-0.3, -0.25) is 9.69 Å². The summed E-state index contributed by atoms with van der Waals surface area (Å²) in [5.74, 6) is -1.34. The van der Waals surface area contributed by atoms with E-state index in [1.54, 1.807) is 0 Å². The minimum Gasteiger partial charge on any atom is -0.473 e. The number of ether oxygens (including phenoxy) is 2. The van der Waals surface area contributed by atoms with Crippen molar-refractivity contribution in [1.82, 2.24) is 20.1 Å². The van der Waals surface area contributed by atoms with Gasteiger partial charge in [0.1, 0.15) is 23.6 Å². The second-order valence-corrected chi connectivity index (χ2v) is 12.0. The van der Waals surface area contributed by atoms with Crippen LogP contribution < -0.4 is 19.7 Å². The average Bonchev–Trinajstić information content (AvgIpc) is 3.56. The van der Waals surface area contributed by atoms with E-state index in [0.29, 0.717) is 11.4 Å². The lowest BCUT2D eigenvalue weighted by atomic mass is 9.99. The number of aliphatic imine (C=N–C) groups is 1. The number of rotatable bonds is 8. The van der Waals surface area contributed by atoms with Crippen molar-refractivity contribution in [2.24, 2.45) is 4.99 Å². The van der Waals surface area contributed by atoms with E-state index in [-0.39, 0.29) is 35.0 Å². The summed E-state index contributed by atoms with van der Waals surface area (Å²) in [5, 5.41) is 6.75. The van der Waals surface area contributed by atoms with Gasteiger partial charge in [0.15, 0.2) is 22.4 Å². The van der Waals surface area contributed by atoms with Crippen molar-refractivity contribution in [1.29, 1.82) is 0 Å². The minimum absolute atomic E-state index is 0.0174. The highest BCUT2D eigenvalue weighted by Gasteiger charge is 2.39. The Morgan fingerprint density at radius 2 is 1.83 bits per heavy atom. The maximum atomic E-state index is 15.0. The lowest BCUT2D eigenvalue weighted by molar-refractivity contribution is -0.274. The molecule has 16 heteroatoms. The zero-order valence-corrected chi connectivity index (χ0v) is 26.0. The molecule has 3 amide bonds. The quantitative estimate of drug-likeness (QED) is 0.120. The zero-order chi connectivity index (χ0) is 33.2. The number of anilines is 1. The first-order valence-electron chi connectivity index (χ1n) is 13.6. The zero-order valence-electron chi connectivity index (χ0n) is 24.4. The number of hydrogen-bond donors (Lipinski definition) is 1. The average molecular weight is 677 g/mol. The molecule has 0 radical (unpaired) electrons. The van der Waals surface area contributed by atoms with Crippen molar-refractivity contribution in [3.8, 4) is 28.6 Å². The second-order valence-electron chi connectivity index (χ2n) is 10.2. The maximum Gasteiger partial charge on any atom is 0.573 e. The van der Waals surface area contributed by atoms with Crippen LogP contribution in [0.5, 0.6) is 11.5 Å².